The molecule has 2 aliphatic heterocycles. The van der Waals surface area contributed by atoms with Gasteiger partial charge in [0, 0.05) is 35.8 Å². The topological polar surface area (TPSA) is 21.7 Å². The van der Waals surface area contributed by atoms with Crippen molar-refractivity contribution < 1.29 is 9.47 Å². The van der Waals surface area contributed by atoms with Crippen molar-refractivity contribution in [1.29, 1.82) is 0 Å². The van der Waals surface area contributed by atoms with E-state index >= 15 is 0 Å². The number of rotatable bonds is 2. The third kappa shape index (κ3) is 1.83. The van der Waals surface area contributed by atoms with Crippen molar-refractivity contribution in [3.63, 3.8) is 0 Å². The Bertz CT molecular complexity index is 461. The van der Waals surface area contributed by atoms with Crippen LogP contribution in [0.5, 0.6) is 11.5 Å². The standard InChI is InChI=1S/C14H16NO2S/c1-2-10(1)12-8-18-6-5-15(12)11-3-4-13-14(7-11)17-9-16-13/h3-4,6-7,10,12H,1-2,5,8-9H2. The number of fused-ring (bicyclic) bond motifs is 1. The second kappa shape index (κ2) is 4.26. The average Bonchev–Trinajstić information content (AvgIpc) is 3.16. The van der Waals surface area contributed by atoms with Crippen LogP contribution < -0.4 is 14.4 Å². The van der Waals surface area contributed by atoms with E-state index in [9.17, 15) is 0 Å². The van der Waals surface area contributed by atoms with Gasteiger partial charge in [-0.05, 0) is 30.9 Å². The maximum atomic E-state index is 5.48. The molecule has 0 amide bonds. The molecule has 1 aliphatic carbocycles. The Balaban J connectivity index is 1.63. The molecule has 0 bridgehead atoms. The molecule has 1 aromatic carbocycles. The zero-order chi connectivity index (χ0) is 11.9. The van der Waals surface area contributed by atoms with Gasteiger partial charge in [-0.25, -0.2) is 0 Å². The Labute approximate surface area is 111 Å². The fraction of sp³-hybridized carbons (Fsp3) is 0.500. The second-order valence-electron chi connectivity index (χ2n) is 5.09. The van der Waals surface area contributed by atoms with Crippen molar-refractivity contribution in [2.45, 2.75) is 18.9 Å². The van der Waals surface area contributed by atoms with Gasteiger partial charge in [0.15, 0.2) is 11.5 Å². The summed E-state index contributed by atoms with van der Waals surface area (Å²) in [7, 11) is 0. The minimum Gasteiger partial charge on any atom is -0.454 e. The van der Waals surface area contributed by atoms with E-state index in [2.05, 4.69) is 22.8 Å². The van der Waals surface area contributed by atoms with E-state index in [4.69, 9.17) is 9.47 Å². The Morgan fingerprint density at radius 1 is 1.17 bits per heavy atom. The van der Waals surface area contributed by atoms with Crippen LogP contribution in [0.1, 0.15) is 12.8 Å². The van der Waals surface area contributed by atoms with E-state index < -0.39 is 0 Å². The maximum absolute atomic E-state index is 5.48. The zero-order valence-corrected chi connectivity index (χ0v) is 11.0. The molecular weight excluding hydrogens is 246 g/mol. The van der Waals surface area contributed by atoms with Crippen LogP contribution in [0, 0.1) is 11.7 Å². The fourth-order valence-electron chi connectivity index (χ4n) is 2.76. The Hall–Kier alpha value is -1.03. The summed E-state index contributed by atoms with van der Waals surface area (Å²) >= 11 is 1.97. The summed E-state index contributed by atoms with van der Waals surface area (Å²) in [6.07, 6.45) is 2.79. The molecule has 1 atom stereocenters. The van der Waals surface area contributed by atoms with Crippen molar-refractivity contribution in [3.05, 3.63) is 24.0 Å². The molecule has 4 heteroatoms. The number of anilines is 1. The number of nitrogens with zero attached hydrogens (tertiary/aromatic N) is 1. The first-order chi connectivity index (χ1) is 8.92. The van der Waals surface area contributed by atoms with Crippen LogP contribution in [0.15, 0.2) is 18.2 Å². The van der Waals surface area contributed by atoms with E-state index in [0.717, 1.165) is 24.0 Å². The third-order valence-electron chi connectivity index (χ3n) is 3.91. The molecule has 2 heterocycles. The molecule has 1 radical (unpaired) electrons. The average molecular weight is 262 g/mol. The zero-order valence-electron chi connectivity index (χ0n) is 10.2. The van der Waals surface area contributed by atoms with Gasteiger partial charge in [0.2, 0.25) is 6.79 Å². The predicted octanol–water partition coefficient (Wildman–Crippen LogP) is 2.91. The first-order valence-corrected chi connectivity index (χ1v) is 7.56. The third-order valence-corrected chi connectivity index (χ3v) is 4.83. The van der Waals surface area contributed by atoms with Crippen LogP contribution in [-0.4, -0.2) is 25.1 Å². The molecule has 95 valence electrons. The van der Waals surface area contributed by atoms with Crippen molar-refractivity contribution in [2.75, 3.05) is 24.0 Å². The molecule has 2 fully saturated rings. The highest BCUT2D eigenvalue weighted by Crippen LogP contribution is 2.43. The number of hydrogen-bond acceptors (Lipinski definition) is 4. The van der Waals surface area contributed by atoms with Crippen molar-refractivity contribution >= 4 is 17.4 Å². The molecule has 0 N–H and O–H groups in total. The lowest BCUT2D eigenvalue weighted by molar-refractivity contribution is 0.174. The Morgan fingerprint density at radius 3 is 2.94 bits per heavy atom. The van der Waals surface area contributed by atoms with Crippen molar-refractivity contribution in [1.82, 2.24) is 0 Å². The van der Waals surface area contributed by atoms with Crippen molar-refractivity contribution in [2.24, 2.45) is 5.92 Å². The summed E-state index contributed by atoms with van der Waals surface area (Å²) < 4.78 is 10.9. The quantitative estimate of drug-likeness (QED) is 0.817. The van der Waals surface area contributed by atoms with Gasteiger partial charge >= 0.3 is 0 Å². The highest BCUT2D eigenvalue weighted by molar-refractivity contribution is 8.01. The van der Waals surface area contributed by atoms with E-state index in [1.54, 1.807) is 0 Å². The molecule has 1 aromatic rings. The van der Waals surface area contributed by atoms with Crippen LogP contribution >= 0.6 is 11.8 Å². The number of thioether (sulfide) groups is 1. The normalized spacial score (nSPS) is 26.4. The highest BCUT2D eigenvalue weighted by Gasteiger charge is 2.37. The van der Waals surface area contributed by atoms with Gasteiger partial charge in [0.1, 0.15) is 0 Å². The van der Waals surface area contributed by atoms with Crippen LogP contribution in [-0.2, 0) is 0 Å². The lowest BCUT2D eigenvalue weighted by atomic mass is 10.1. The summed E-state index contributed by atoms with van der Waals surface area (Å²) in [6.45, 7) is 1.39. The van der Waals surface area contributed by atoms with E-state index in [0.29, 0.717) is 12.8 Å². The van der Waals surface area contributed by atoms with Crippen LogP contribution in [0.25, 0.3) is 0 Å². The van der Waals surface area contributed by atoms with Gasteiger partial charge in [-0.3, -0.25) is 0 Å². The summed E-state index contributed by atoms with van der Waals surface area (Å²) in [4.78, 5) is 2.52. The van der Waals surface area contributed by atoms with Gasteiger partial charge in [0.25, 0.3) is 0 Å². The largest absolute Gasteiger partial charge is 0.454 e. The molecule has 1 unspecified atom stereocenters. The summed E-state index contributed by atoms with van der Waals surface area (Å²) in [5.74, 6) is 6.19. The lowest BCUT2D eigenvalue weighted by Crippen LogP contribution is -2.42. The molecule has 3 nitrogen and oxygen atoms in total. The first-order valence-electron chi connectivity index (χ1n) is 6.51. The SMILES string of the molecule is [CH]1CN(c2ccc3c(c2)OCO3)C(C2CC2)CS1. The van der Waals surface area contributed by atoms with Crippen LogP contribution in [0.2, 0.25) is 0 Å². The van der Waals surface area contributed by atoms with Gasteiger partial charge in [0.05, 0.1) is 0 Å². The van der Waals surface area contributed by atoms with E-state index in [-0.39, 0.29) is 0 Å². The number of benzene rings is 1. The lowest BCUT2D eigenvalue weighted by Gasteiger charge is -2.37. The van der Waals surface area contributed by atoms with Gasteiger partial charge in [-0.15, -0.1) is 0 Å². The minimum absolute atomic E-state index is 0.354. The molecule has 4 rings (SSSR count). The van der Waals surface area contributed by atoms with E-state index in [1.807, 2.05) is 17.8 Å². The summed E-state index contributed by atoms with van der Waals surface area (Å²) in [6, 6.07) is 7.01. The van der Waals surface area contributed by atoms with Crippen molar-refractivity contribution in [3.8, 4) is 11.5 Å². The summed E-state index contributed by atoms with van der Waals surface area (Å²) in [5.41, 5.74) is 1.27. The Morgan fingerprint density at radius 2 is 2.06 bits per heavy atom. The fourth-order valence-corrected chi connectivity index (χ4v) is 3.81. The monoisotopic (exact) mass is 262 g/mol. The van der Waals surface area contributed by atoms with Crippen LogP contribution in [0.3, 0.4) is 0 Å². The molecule has 1 saturated carbocycles. The molecule has 3 aliphatic rings. The molecule has 1 saturated heterocycles. The first kappa shape index (κ1) is 10.9. The minimum atomic E-state index is 0.354. The highest BCUT2D eigenvalue weighted by atomic mass is 32.2. The molecule has 18 heavy (non-hydrogen) atoms. The predicted molar refractivity (Wildman–Crippen MR) is 73.2 cm³/mol. The molecular formula is C14H16NO2S. The smallest absolute Gasteiger partial charge is 0.231 e. The van der Waals surface area contributed by atoms with Gasteiger partial charge < -0.3 is 14.4 Å². The number of ether oxygens (including phenoxy) is 2. The number of hydrogen-bond donors (Lipinski definition) is 0. The van der Waals surface area contributed by atoms with Gasteiger partial charge in [-0.1, -0.05) is 0 Å². The maximum Gasteiger partial charge on any atom is 0.231 e. The molecule has 0 spiro atoms. The van der Waals surface area contributed by atoms with Crippen LogP contribution in [0.4, 0.5) is 5.69 Å². The Kier molecular flexibility index (Phi) is 2.57. The summed E-state index contributed by atoms with van der Waals surface area (Å²) in [5, 5.41) is 0. The van der Waals surface area contributed by atoms with Gasteiger partial charge in [-0.2, -0.15) is 11.8 Å². The molecule has 0 aromatic heterocycles. The second-order valence-corrected chi connectivity index (χ2v) is 6.09. The van der Waals surface area contributed by atoms with E-state index in [1.165, 1.54) is 24.3 Å².